The number of pyridine rings is 1. The average molecular weight is 460 g/mol. The Kier molecular flexibility index (Phi) is 6.13. The second-order valence-corrected chi connectivity index (χ2v) is 7.01. The fourth-order valence-corrected chi connectivity index (χ4v) is 3.11. The molecule has 13 heteroatoms. The molecule has 8 nitrogen and oxygen atoms in total. The molecular weight excluding hydrogens is 446 g/mol. The van der Waals surface area contributed by atoms with Gasteiger partial charge in [-0.25, -0.2) is 9.78 Å². The number of anilines is 1. The van der Waals surface area contributed by atoms with Crippen LogP contribution in [0.15, 0.2) is 24.4 Å². The number of carbonyl (C=O) groups excluding carboxylic acids is 1. The summed E-state index contributed by atoms with van der Waals surface area (Å²) in [5.41, 5.74) is 0.000126. The fourth-order valence-electron chi connectivity index (χ4n) is 2.65. The van der Waals surface area contributed by atoms with Gasteiger partial charge in [-0.3, -0.25) is 4.68 Å². The van der Waals surface area contributed by atoms with Crippen molar-refractivity contribution in [1.82, 2.24) is 30.3 Å². The summed E-state index contributed by atoms with van der Waals surface area (Å²) >= 11 is 11.5. The number of rotatable bonds is 4. The maximum absolute atomic E-state index is 13.2. The first-order chi connectivity index (χ1) is 14.0. The van der Waals surface area contributed by atoms with Gasteiger partial charge in [0.2, 0.25) is 0 Å². The summed E-state index contributed by atoms with van der Waals surface area (Å²) in [4.78, 5) is 15.8. The zero-order chi connectivity index (χ0) is 22.1. The van der Waals surface area contributed by atoms with Crippen LogP contribution in [0.4, 0.5) is 23.7 Å². The Morgan fingerprint density at radius 3 is 2.43 bits per heavy atom. The molecule has 0 spiro atoms. The molecule has 3 heterocycles. The molecular formula is C17H14Cl2F3N7O. The zero-order valence-electron chi connectivity index (χ0n) is 15.6. The molecule has 158 valence electrons. The van der Waals surface area contributed by atoms with Crippen LogP contribution in [0.1, 0.15) is 17.0 Å². The van der Waals surface area contributed by atoms with Gasteiger partial charge in [-0.1, -0.05) is 23.2 Å². The first-order valence-electron chi connectivity index (χ1n) is 8.35. The van der Waals surface area contributed by atoms with Gasteiger partial charge >= 0.3 is 12.2 Å². The Bertz CT molecular complexity index is 1080. The van der Waals surface area contributed by atoms with Crippen molar-refractivity contribution in [3.63, 3.8) is 0 Å². The van der Waals surface area contributed by atoms with E-state index >= 15 is 0 Å². The second kappa shape index (κ2) is 8.44. The topological polar surface area (TPSA) is 97.6 Å². The van der Waals surface area contributed by atoms with E-state index in [-0.39, 0.29) is 28.1 Å². The highest BCUT2D eigenvalue weighted by Gasteiger charge is 2.38. The normalized spacial score (nSPS) is 11.4. The van der Waals surface area contributed by atoms with Crippen LogP contribution < -0.4 is 10.6 Å². The minimum absolute atomic E-state index is 0.00827. The van der Waals surface area contributed by atoms with Gasteiger partial charge in [-0.05, 0) is 30.7 Å². The Morgan fingerprint density at radius 2 is 1.83 bits per heavy atom. The summed E-state index contributed by atoms with van der Waals surface area (Å²) < 4.78 is 40.7. The van der Waals surface area contributed by atoms with E-state index in [1.165, 1.54) is 31.4 Å². The summed E-state index contributed by atoms with van der Waals surface area (Å²) in [6.45, 7) is 1.59. The van der Waals surface area contributed by atoms with Gasteiger partial charge in [-0.2, -0.15) is 23.4 Å². The summed E-state index contributed by atoms with van der Waals surface area (Å²) in [6.07, 6.45) is -3.39. The lowest BCUT2D eigenvalue weighted by molar-refractivity contribution is -0.141. The lowest BCUT2D eigenvalue weighted by Crippen LogP contribution is -2.28. The number of alkyl halides is 3. The van der Waals surface area contributed by atoms with Crippen LogP contribution in [0.5, 0.6) is 0 Å². The molecule has 3 rings (SSSR count). The molecule has 3 aromatic rings. The quantitative estimate of drug-likeness (QED) is 0.569. The van der Waals surface area contributed by atoms with Crippen LogP contribution in [0.25, 0.3) is 11.3 Å². The van der Waals surface area contributed by atoms with Gasteiger partial charge in [0.15, 0.2) is 5.69 Å². The standard InChI is InChI=1S/C17H14Cl2F3N7O/c1-8-3-10(6-23-16(30)24-9-4-12(18)25-13(19)5-9)26-27-14(8)11-7-29(2)28-15(11)17(20,21)22/h3-5,7H,6H2,1-2H3,(H2,23,24,25,30). The number of halogens is 5. The van der Waals surface area contributed by atoms with E-state index < -0.39 is 17.9 Å². The third kappa shape index (κ3) is 5.16. The number of hydrogen-bond donors (Lipinski definition) is 2. The van der Waals surface area contributed by atoms with Crippen LogP contribution in [0, 0.1) is 6.92 Å². The van der Waals surface area contributed by atoms with Gasteiger partial charge in [0.05, 0.1) is 23.5 Å². The zero-order valence-corrected chi connectivity index (χ0v) is 17.1. The van der Waals surface area contributed by atoms with Gasteiger partial charge in [0.25, 0.3) is 0 Å². The first kappa shape index (κ1) is 21.8. The Labute approximate surface area is 178 Å². The van der Waals surface area contributed by atoms with E-state index in [0.717, 1.165) is 4.68 Å². The van der Waals surface area contributed by atoms with Gasteiger partial charge in [-0.15, -0.1) is 5.10 Å². The minimum Gasteiger partial charge on any atom is -0.332 e. The average Bonchev–Trinajstić information content (AvgIpc) is 3.01. The molecule has 0 unspecified atom stereocenters. The number of hydrogen-bond acceptors (Lipinski definition) is 5. The van der Waals surface area contributed by atoms with Crippen molar-refractivity contribution in [3.05, 3.63) is 51.7 Å². The molecule has 0 radical (unpaired) electrons. The SMILES string of the molecule is Cc1cc(CNC(=O)Nc2cc(Cl)nc(Cl)c2)nnc1-c1cn(C)nc1C(F)(F)F. The molecule has 0 bridgehead atoms. The number of amides is 2. The number of nitrogens with zero attached hydrogens (tertiary/aromatic N) is 5. The molecule has 2 amide bonds. The van der Waals surface area contributed by atoms with E-state index in [1.54, 1.807) is 6.92 Å². The second-order valence-electron chi connectivity index (χ2n) is 6.24. The van der Waals surface area contributed by atoms with E-state index in [9.17, 15) is 18.0 Å². The fraction of sp³-hybridized carbons (Fsp3) is 0.235. The van der Waals surface area contributed by atoms with Crippen LogP contribution in [0.2, 0.25) is 10.3 Å². The van der Waals surface area contributed by atoms with Crippen molar-refractivity contribution < 1.29 is 18.0 Å². The molecule has 0 saturated carbocycles. The highest BCUT2D eigenvalue weighted by Crippen LogP contribution is 2.36. The highest BCUT2D eigenvalue weighted by molar-refractivity contribution is 6.32. The molecule has 0 fully saturated rings. The third-order valence-corrected chi connectivity index (χ3v) is 4.23. The molecule has 0 aliphatic carbocycles. The molecule has 0 aromatic carbocycles. The molecule has 3 aromatic heterocycles. The molecule has 0 aliphatic rings. The van der Waals surface area contributed by atoms with E-state index in [1.807, 2.05) is 0 Å². The summed E-state index contributed by atoms with van der Waals surface area (Å²) in [5, 5.41) is 16.6. The number of aromatic nitrogens is 5. The van der Waals surface area contributed by atoms with Gasteiger partial charge in [0.1, 0.15) is 10.3 Å². The highest BCUT2D eigenvalue weighted by atomic mass is 35.5. The smallest absolute Gasteiger partial charge is 0.332 e. The maximum atomic E-state index is 13.2. The predicted molar refractivity (Wildman–Crippen MR) is 104 cm³/mol. The predicted octanol–water partition coefficient (Wildman–Crippen LogP) is 4.23. The summed E-state index contributed by atoms with van der Waals surface area (Å²) in [5.74, 6) is 0. The molecule has 0 saturated heterocycles. The van der Waals surface area contributed by atoms with Crippen molar-refractivity contribution >= 4 is 34.9 Å². The lowest BCUT2D eigenvalue weighted by Gasteiger charge is -2.10. The van der Waals surface area contributed by atoms with Crippen LogP contribution >= 0.6 is 23.2 Å². The third-order valence-electron chi connectivity index (χ3n) is 3.84. The van der Waals surface area contributed by atoms with E-state index in [2.05, 4.69) is 30.9 Å². The van der Waals surface area contributed by atoms with Crippen molar-refractivity contribution in [3.8, 4) is 11.3 Å². The van der Waals surface area contributed by atoms with Crippen molar-refractivity contribution in [1.29, 1.82) is 0 Å². The molecule has 30 heavy (non-hydrogen) atoms. The van der Waals surface area contributed by atoms with E-state index in [0.29, 0.717) is 16.9 Å². The van der Waals surface area contributed by atoms with Crippen molar-refractivity contribution in [2.75, 3.05) is 5.32 Å². The number of urea groups is 1. The Morgan fingerprint density at radius 1 is 1.17 bits per heavy atom. The van der Waals surface area contributed by atoms with Crippen LogP contribution in [-0.2, 0) is 19.8 Å². The van der Waals surface area contributed by atoms with Crippen LogP contribution in [0.3, 0.4) is 0 Å². The van der Waals surface area contributed by atoms with E-state index in [4.69, 9.17) is 23.2 Å². The lowest BCUT2D eigenvalue weighted by atomic mass is 10.1. The first-order valence-corrected chi connectivity index (χ1v) is 9.11. The summed E-state index contributed by atoms with van der Waals surface area (Å²) in [7, 11) is 1.39. The number of aryl methyl sites for hydroxylation is 2. The number of nitrogens with one attached hydrogen (secondary N) is 2. The Hall–Kier alpha value is -2.92. The maximum Gasteiger partial charge on any atom is 0.435 e. The largest absolute Gasteiger partial charge is 0.435 e. The van der Waals surface area contributed by atoms with Gasteiger partial charge in [0, 0.05) is 18.9 Å². The summed E-state index contributed by atoms with van der Waals surface area (Å²) in [6, 6.07) is 3.80. The minimum atomic E-state index is -4.62. The monoisotopic (exact) mass is 459 g/mol. The van der Waals surface area contributed by atoms with Crippen molar-refractivity contribution in [2.24, 2.45) is 7.05 Å². The molecule has 0 atom stereocenters. The van der Waals surface area contributed by atoms with Gasteiger partial charge < -0.3 is 10.6 Å². The number of carbonyl (C=O) groups is 1. The van der Waals surface area contributed by atoms with Crippen molar-refractivity contribution in [2.45, 2.75) is 19.6 Å². The van der Waals surface area contributed by atoms with Crippen LogP contribution in [-0.4, -0.2) is 31.0 Å². The Balaban J connectivity index is 1.71. The molecule has 0 aliphatic heterocycles. The molecule has 2 N–H and O–H groups in total.